The summed E-state index contributed by atoms with van der Waals surface area (Å²) < 4.78 is 0. The van der Waals surface area contributed by atoms with Crippen molar-refractivity contribution in [3.8, 4) is 0 Å². The van der Waals surface area contributed by atoms with Gasteiger partial charge in [-0.05, 0) is 31.1 Å². The molecule has 8 amide bonds. The van der Waals surface area contributed by atoms with Crippen LogP contribution >= 0.6 is 0 Å². The molecule has 0 aromatic carbocycles. The van der Waals surface area contributed by atoms with Crippen molar-refractivity contribution in [2.75, 3.05) is 58.9 Å². The molecule has 0 bridgehead atoms. The fraction of sp³-hybridized carbons (Fsp3) is 0.810. The number of carbonyl (C=O) groups is 8. The van der Waals surface area contributed by atoms with Crippen LogP contribution in [0.25, 0.3) is 0 Å². The molecule has 0 rings (SSSR count). The standard InChI is InChI=1S/C42H78N8O8/c1-29(2)36(54)44-20-14-13-15-32(39(57)50(27-23-46-38(56)31(5)6)28-24-47-40(58)42(10,11)12)48-34(52)17-16-33(51)43-21-25-49(26-22-45-37(55)30(3)4)35(53)18-19-41(7,8)9/h29-32H,13-28H2,1-12H3,(H,43,51)(H,44,54)(H,45,55)(H,46,56)(H,47,58)(H,48,52). The lowest BCUT2D eigenvalue weighted by Gasteiger charge is -2.29. The van der Waals surface area contributed by atoms with Crippen molar-refractivity contribution in [3.63, 3.8) is 0 Å². The fourth-order valence-corrected chi connectivity index (χ4v) is 5.22. The molecule has 0 saturated carbocycles. The molecular formula is C42H78N8O8. The van der Waals surface area contributed by atoms with Gasteiger partial charge in [-0.1, -0.05) is 83.1 Å². The van der Waals surface area contributed by atoms with Crippen LogP contribution in [0.1, 0.15) is 128 Å². The van der Waals surface area contributed by atoms with Crippen molar-refractivity contribution in [2.45, 2.75) is 134 Å². The summed E-state index contributed by atoms with van der Waals surface area (Å²) in [7, 11) is 0. The van der Waals surface area contributed by atoms with Gasteiger partial charge in [0.1, 0.15) is 6.04 Å². The van der Waals surface area contributed by atoms with Crippen LogP contribution in [0.4, 0.5) is 0 Å². The minimum Gasteiger partial charge on any atom is -0.356 e. The third-order valence-corrected chi connectivity index (χ3v) is 9.17. The van der Waals surface area contributed by atoms with Gasteiger partial charge in [-0.3, -0.25) is 38.4 Å². The van der Waals surface area contributed by atoms with E-state index in [4.69, 9.17) is 0 Å². The molecule has 0 heterocycles. The molecule has 1 atom stereocenters. The Labute approximate surface area is 348 Å². The Balaban J connectivity index is 5.69. The van der Waals surface area contributed by atoms with Crippen LogP contribution in [0, 0.1) is 28.6 Å². The fourth-order valence-electron chi connectivity index (χ4n) is 5.22. The molecule has 334 valence electrons. The van der Waals surface area contributed by atoms with Gasteiger partial charge in [-0.25, -0.2) is 0 Å². The number of carbonyl (C=O) groups excluding carboxylic acids is 8. The first-order valence-corrected chi connectivity index (χ1v) is 21.1. The number of hydrogen-bond donors (Lipinski definition) is 6. The SMILES string of the molecule is CC(C)C(=O)NCCCCC(NC(=O)CCC(=O)NCCN(CCNC(=O)C(C)C)C(=O)CCC(C)(C)C)C(=O)N(CCNC(=O)C(C)C)CCNC(=O)C(C)(C)C. The molecule has 16 heteroatoms. The van der Waals surface area contributed by atoms with E-state index in [1.165, 1.54) is 4.90 Å². The molecule has 0 radical (unpaired) electrons. The van der Waals surface area contributed by atoms with E-state index in [-0.39, 0.29) is 118 Å². The molecule has 0 aliphatic heterocycles. The highest BCUT2D eigenvalue weighted by molar-refractivity contribution is 5.89. The average molecular weight is 823 g/mol. The van der Waals surface area contributed by atoms with E-state index in [1.54, 1.807) is 67.2 Å². The molecule has 1 unspecified atom stereocenters. The lowest BCUT2D eigenvalue weighted by Crippen LogP contribution is -2.52. The Morgan fingerprint density at radius 3 is 1.40 bits per heavy atom. The van der Waals surface area contributed by atoms with E-state index in [0.29, 0.717) is 38.8 Å². The Hall–Kier alpha value is -4.24. The lowest BCUT2D eigenvalue weighted by atomic mass is 9.90. The topological polar surface area (TPSA) is 215 Å². The normalized spacial score (nSPS) is 12.1. The summed E-state index contributed by atoms with van der Waals surface area (Å²) in [6, 6.07) is -0.959. The highest BCUT2D eigenvalue weighted by Crippen LogP contribution is 2.21. The number of rotatable bonds is 27. The zero-order valence-electron chi connectivity index (χ0n) is 37.8. The number of amides is 8. The van der Waals surface area contributed by atoms with Crippen LogP contribution in [-0.2, 0) is 38.4 Å². The van der Waals surface area contributed by atoms with Crippen LogP contribution in [0.2, 0.25) is 0 Å². The summed E-state index contributed by atoms with van der Waals surface area (Å²) in [5.74, 6) is -2.53. The highest BCUT2D eigenvalue weighted by atomic mass is 16.2. The first kappa shape index (κ1) is 53.8. The minimum absolute atomic E-state index is 0.0379. The van der Waals surface area contributed by atoms with Gasteiger partial charge in [-0.2, -0.15) is 0 Å². The van der Waals surface area contributed by atoms with Gasteiger partial charge in [0.15, 0.2) is 0 Å². The van der Waals surface area contributed by atoms with Gasteiger partial charge < -0.3 is 41.7 Å². The lowest BCUT2D eigenvalue weighted by molar-refractivity contribution is -0.137. The van der Waals surface area contributed by atoms with Crippen LogP contribution in [0.3, 0.4) is 0 Å². The smallest absolute Gasteiger partial charge is 0.245 e. The largest absolute Gasteiger partial charge is 0.356 e. The van der Waals surface area contributed by atoms with Crippen molar-refractivity contribution in [1.82, 2.24) is 41.7 Å². The van der Waals surface area contributed by atoms with E-state index in [2.05, 4.69) is 52.7 Å². The summed E-state index contributed by atoms with van der Waals surface area (Å²) in [5, 5.41) is 16.9. The molecule has 16 nitrogen and oxygen atoms in total. The van der Waals surface area contributed by atoms with E-state index < -0.39 is 29.2 Å². The molecule has 58 heavy (non-hydrogen) atoms. The zero-order chi connectivity index (χ0) is 44.6. The monoisotopic (exact) mass is 823 g/mol. The molecule has 0 aliphatic rings. The van der Waals surface area contributed by atoms with Crippen LogP contribution in [0.15, 0.2) is 0 Å². The van der Waals surface area contributed by atoms with Crippen LogP contribution in [-0.4, -0.2) is 122 Å². The second-order valence-corrected chi connectivity index (χ2v) is 18.1. The number of unbranched alkanes of at least 4 members (excludes halogenated alkanes) is 1. The van der Waals surface area contributed by atoms with Gasteiger partial charge in [0.25, 0.3) is 0 Å². The third kappa shape index (κ3) is 25.2. The zero-order valence-corrected chi connectivity index (χ0v) is 37.8. The summed E-state index contributed by atoms with van der Waals surface area (Å²) in [5.41, 5.74) is -0.674. The molecule has 0 fully saturated rings. The van der Waals surface area contributed by atoms with Crippen LogP contribution in [0.5, 0.6) is 0 Å². The van der Waals surface area contributed by atoms with Crippen LogP contribution < -0.4 is 31.9 Å². The molecule has 6 N–H and O–H groups in total. The molecule has 0 spiro atoms. The van der Waals surface area contributed by atoms with Crippen molar-refractivity contribution >= 4 is 47.3 Å². The predicted octanol–water partition coefficient (Wildman–Crippen LogP) is 2.50. The van der Waals surface area contributed by atoms with Crippen molar-refractivity contribution in [3.05, 3.63) is 0 Å². The maximum Gasteiger partial charge on any atom is 0.245 e. The summed E-state index contributed by atoms with van der Waals surface area (Å²) in [4.78, 5) is 105. The third-order valence-electron chi connectivity index (χ3n) is 9.17. The van der Waals surface area contributed by atoms with E-state index >= 15 is 0 Å². The van der Waals surface area contributed by atoms with Crippen molar-refractivity contribution in [1.29, 1.82) is 0 Å². The minimum atomic E-state index is -0.959. The van der Waals surface area contributed by atoms with E-state index in [1.807, 2.05) is 0 Å². The van der Waals surface area contributed by atoms with E-state index in [9.17, 15) is 38.4 Å². The summed E-state index contributed by atoms with van der Waals surface area (Å²) in [6.45, 7) is 24.2. The molecule has 0 saturated heterocycles. The average Bonchev–Trinajstić information content (AvgIpc) is 3.12. The second-order valence-electron chi connectivity index (χ2n) is 18.1. The predicted molar refractivity (Wildman–Crippen MR) is 226 cm³/mol. The Bertz CT molecular complexity index is 1340. The Morgan fingerprint density at radius 1 is 0.500 bits per heavy atom. The summed E-state index contributed by atoms with van der Waals surface area (Å²) in [6.07, 6.45) is 1.99. The second kappa shape index (κ2) is 27.4. The highest BCUT2D eigenvalue weighted by Gasteiger charge is 2.27. The maximum atomic E-state index is 14.0. The molecule has 0 aromatic rings. The first-order valence-electron chi connectivity index (χ1n) is 21.1. The molecule has 0 aliphatic carbocycles. The Kier molecular flexibility index (Phi) is 25.4. The van der Waals surface area contributed by atoms with Gasteiger partial charge in [0.2, 0.25) is 47.3 Å². The molecular weight excluding hydrogens is 745 g/mol. The van der Waals surface area contributed by atoms with Gasteiger partial charge >= 0.3 is 0 Å². The van der Waals surface area contributed by atoms with Gasteiger partial charge in [0, 0.05) is 101 Å². The van der Waals surface area contributed by atoms with Gasteiger partial charge in [-0.15, -0.1) is 0 Å². The number of nitrogens with one attached hydrogen (secondary N) is 6. The van der Waals surface area contributed by atoms with Gasteiger partial charge in [0.05, 0.1) is 0 Å². The quantitative estimate of drug-likeness (QED) is 0.0676. The van der Waals surface area contributed by atoms with Crippen molar-refractivity contribution in [2.24, 2.45) is 28.6 Å². The van der Waals surface area contributed by atoms with E-state index in [0.717, 1.165) is 0 Å². The first-order chi connectivity index (χ1) is 26.8. The number of nitrogens with zero attached hydrogens (tertiary/aromatic N) is 2. The summed E-state index contributed by atoms with van der Waals surface area (Å²) >= 11 is 0. The molecule has 0 aromatic heterocycles. The Morgan fingerprint density at radius 2 is 0.931 bits per heavy atom. The van der Waals surface area contributed by atoms with Crippen molar-refractivity contribution < 1.29 is 38.4 Å². The maximum absolute atomic E-state index is 14.0. The number of hydrogen-bond acceptors (Lipinski definition) is 8.